The predicted octanol–water partition coefficient (Wildman–Crippen LogP) is 1.17. The number of benzene rings is 1. The highest BCUT2D eigenvalue weighted by molar-refractivity contribution is 6.02. The minimum atomic E-state index is -2.88. The number of carbonyl (C=O) groups is 2. The van der Waals surface area contributed by atoms with Gasteiger partial charge in [-0.1, -0.05) is 0 Å². The summed E-state index contributed by atoms with van der Waals surface area (Å²) in [6.07, 6.45) is 1.34. The molecule has 0 aliphatic carbocycles. The van der Waals surface area contributed by atoms with Crippen molar-refractivity contribution in [2.75, 3.05) is 6.54 Å². The zero-order valence-electron chi connectivity index (χ0n) is 9.55. The van der Waals surface area contributed by atoms with Crippen molar-refractivity contribution in [3.63, 3.8) is 0 Å². The molecule has 0 aromatic heterocycles. The van der Waals surface area contributed by atoms with Gasteiger partial charge in [0.25, 0.3) is 0 Å². The second-order valence-corrected chi connectivity index (χ2v) is 3.60. The third-order valence-corrected chi connectivity index (χ3v) is 2.23. The first-order chi connectivity index (χ1) is 9.04. The number of carbonyl (C=O) groups excluding carboxylic acids is 2. The molecule has 2 rings (SSSR count). The fourth-order valence-corrected chi connectivity index (χ4v) is 1.40. The number of alkyl halides is 2. The molecule has 6 nitrogen and oxygen atoms in total. The molecule has 19 heavy (non-hydrogen) atoms. The van der Waals surface area contributed by atoms with Crippen LogP contribution in [0.1, 0.15) is 5.56 Å². The lowest BCUT2D eigenvalue weighted by molar-refractivity contribution is -0.118. The van der Waals surface area contributed by atoms with E-state index in [4.69, 9.17) is 0 Å². The highest BCUT2D eigenvalue weighted by Gasteiger charge is 2.25. The Hall–Kier alpha value is -2.51. The van der Waals surface area contributed by atoms with E-state index in [0.29, 0.717) is 5.56 Å². The van der Waals surface area contributed by atoms with Crippen molar-refractivity contribution < 1.29 is 23.1 Å². The van der Waals surface area contributed by atoms with Crippen LogP contribution < -0.4 is 10.1 Å². The third kappa shape index (κ3) is 3.47. The molecule has 1 aliphatic rings. The fraction of sp³-hybridized carbons (Fsp3) is 0.182. The summed E-state index contributed by atoms with van der Waals surface area (Å²) < 4.78 is 28.0. The average Bonchev–Trinajstić information content (AvgIpc) is 2.66. The number of imide groups is 1. The van der Waals surface area contributed by atoms with Gasteiger partial charge in [0.1, 0.15) is 12.3 Å². The van der Waals surface area contributed by atoms with Gasteiger partial charge in [-0.3, -0.25) is 10.1 Å². The molecule has 100 valence electrons. The Morgan fingerprint density at radius 2 is 2.00 bits per heavy atom. The predicted molar refractivity (Wildman–Crippen MR) is 60.9 cm³/mol. The summed E-state index contributed by atoms with van der Waals surface area (Å²) in [4.78, 5) is 22.0. The number of nitrogens with one attached hydrogen (secondary N) is 1. The van der Waals surface area contributed by atoms with Crippen LogP contribution in [0.25, 0.3) is 0 Å². The van der Waals surface area contributed by atoms with Gasteiger partial charge < -0.3 is 4.74 Å². The molecular weight excluding hydrogens is 260 g/mol. The van der Waals surface area contributed by atoms with Gasteiger partial charge in [-0.05, 0) is 29.8 Å². The van der Waals surface area contributed by atoms with Crippen molar-refractivity contribution in [1.29, 1.82) is 0 Å². The van der Waals surface area contributed by atoms with E-state index < -0.39 is 18.5 Å². The number of amides is 3. The van der Waals surface area contributed by atoms with E-state index >= 15 is 0 Å². The highest BCUT2D eigenvalue weighted by atomic mass is 19.3. The van der Waals surface area contributed by atoms with E-state index in [1.807, 2.05) is 0 Å². The van der Waals surface area contributed by atoms with E-state index in [-0.39, 0.29) is 12.3 Å². The largest absolute Gasteiger partial charge is 0.435 e. The maximum atomic E-state index is 11.9. The van der Waals surface area contributed by atoms with Crippen LogP contribution in [0.3, 0.4) is 0 Å². The lowest BCUT2D eigenvalue weighted by Crippen LogP contribution is -2.24. The molecule has 0 spiro atoms. The second-order valence-electron chi connectivity index (χ2n) is 3.60. The minimum Gasteiger partial charge on any atom is -0.435 e. The normalized spacial score (nSPS) is 15.4. The number of halogens is 2. The Kier molecular flexibility index (Phi) is 3.69. The maximum absolute atomic E-state index is 11.9. The van der Waals surface area contributed by atoms with Crippen molar-refractivity contribution in [2.45, 2.75) is 6.61 Å². The Morgan fingerprint density at radius 3 is 2.53 bits per heavy atom. The smallest absolute Gasteiger partial charge is 0.387 e. The van der Waals surface area contributed by atoms with Crippen molar-refractivity contribution in [3.8, 4) is 5.75 Å². The average molecular weight is 269 g/mol. The molecule has 1 N–H and O–H groups in total. The molecule has 0 radical (unpaired) electrons. The number of rotatable bonds is 4. The van der Waals surface area contributed by atoms with Gasteiger partial charge in [0.15, 0.2) is 0 Å². The van der Waals surface area contributed by atoms with Gasteiger partial charge in [-0.15, -0.1) is 0 Å². The van der Waals surface area contributed by atoms with Crippen molar-refractivity contribution in [3.05, 3.63) is 29.8 Å². The standard InChI is InChI=1S/C11H9F2N3O3/c12-10(13)19-8-3-1-7(2-4-8)5-14-16-6-9(17)15-11(16)18/h1-5,10H,6H2,(H,15,17,18)/b14-5-. The number of urea groups is 1. The first-order valence-electron chi connectivity index (χ1n) is 5.25. The van der Waals surface area contributed by atoms with Crippen LogP contribution in [-0.4, -0.2) is 36.3 Å². The highest BCUT2D eigenvalue weighted by Crippen LogP contribution is 2.14. The number of nitrogens with zero attached hydrogens (tertiary/aromatic N) is 2. The Morgan fingerprint density at radius 1 is 1.32 bits per heavy atom. The van der Waals surface area contributed by atoms with Gasteiger partial charge in [0.2, 0.25) is 5.91 Å². The molecule has 1 fully saturated rings. The van der Waals surface area contributed by atoms with Crippen LogP contribution in [0.15, 0.2) is 29.4 Å². The van der Waals surface area contributed by atoms with E-state index in [0.717, 1.165) is 5.01 Å². The fourth-order valence-electron chi connectivity index (χ4n) is 1.40. The van der Waals surface area contributed by atoms with Gasteiger partial charge in [0.05, 0.1) is 6.21 Å². The Labute approximate surface area is 106 Å². The van der Waals surface area contributed by atoms with Crippen LogP contribution in [-0.2, 0) is 4.79 Å². The van der Waals surface area contributed by atoms with Crippen LogP contribution in [0.5, 0.6) is 5.75 Å². The summed E-state index contributed by atoms with van der Waals surface area (Å²) in [6, 6.07) is 5.10. The minimum absolute atomic E-state index is 0.0289. The quantitative estimate of drug-likeness (QED) is 0.659. The monoisotopic (exact) mass is 269 g/mol. The summed E-state index contributed by atoms with van der Waals surface area (Å²) in [7, 11) is 0. The van der Waals surface area contributed by atoms with Gasteiger partial charge in [0, 0.05) is 0 Å². The van der Waals surface area contributed by atoms with Gasteiger partial charge >= 0.3 is 12.6 Å². The first kappa shape index (κ1) is 12.9. The maximum Gasteiger partial charge on any atom is 0.387 e. The molecular formula is C11H9F2N3O3. The zero-order valence-corrected chi connectivity index (χ0v) is 9.55. The topological polar surface area (TPSA) is 71.0 Å². The molecule has 0 atom stereocenters. The van der Waals surface area contributed by atoms with E-state index in [1.165, 1.54) is 30.5 Å². The SMILES string of the molecule is O=C1CN(/N=C\c2ccc(OC(F)F)cc2)C(=O)N1. The van der Waals surface area contributed by atoms with Crippen molar-refractivity contribution in [1.82, 2.24) is 10.3 Å². The van der Waals surface area contributed by atoms with Crippen LogP contribution >= 0.6 is 0 Å². The molecule has 8 heteroatoms. The molecule has 3 amide bonds. The zero-order chi connectivity index (χ0) is 13.8. The van der Waals surface area contributed by atoms with E-state index in [9.17, 15) is 18.4 Å². The van der Waals surface area contributed by atoms with Crippen molar-refractivity contribution in [2.24, 2.45) is 5.10 Å². The van der Waals surface area contributed by atoms with Crippen LogP contribution in [0, 0.1) is 0 Å². The van der Waals surface area contributed by atoms with Crippen LogP contribution in [0.4, 0.5) is 13.6 Å². The van der Waals surface area contributed by atoms with Gasteiger partial charge in [-0.25, -0.2) is 9.80 Å². The van der Waals surface area contributed by atoms with Crippen molar-refractivity contribution >= 4 is 18.2 Å². The molecule has 1 aliphatic heterocycles. The first-order valence-corrected chi connectivity index (χ1v) is 5.25. The number of hydrogen-bond donors (Lipinski definition) is 1. The molecule has 1 aromatic carbocycles. The summed E-state index contributed by atoms with van der Waals surface area (Å²) in [5, 5.41) is 6.83. The molecule has 1 heterocycles. The van der Waals surface area contributed by atoms with E-state index in [1.54, 1.807) is 0 Å². The molecule has 0 saturated carbocycles. The van der Waals surface area contributed by atoms with Crippen LogP contribution in [0.2, 0.25) is 0 Å². The summed E-state index contributed by atoms with van der Waals surface area (Å²) >= 11 is 0. The molecule has 1 saturated heterocycles. The molecule has 0 unspecified atom stereocenters. The summed E-state index contributed by atoms with van der Waals surface area (Å²) in [5.41, 5.74) is 0.578. The second kappa shape index (κ2) is 5.42. The number of ether oxygens (including phenoxy) is 1. The molecule has 1 aromatic rings. The van der Waals surface area contributed by atoms with E-state index in [2.05, 4.69) is 15.2 Å². The number of hydrazone groups is 1. The Bertz CT molecular complexity index is 516. The lowest BCUT2D eigenvalue weighted by atomic mass is 10.2. The van der Waals surface area contributed by atoms with Gasteiger partial charge in [-0.2, -0.15) is 13.9 Å². The third-order valence-electron chi connectivity index (χ3n) is 2.23. The molecule has 0 bridgehead atoms. The Balaban J connectivity index is 1.99. The summed E-state index contributed by atoms with van der Waals surface area (Å²) in [5.74, 6) is -0.399. The lowest BCUT2D eigenvalue weighted by Gasteiger charge is -2.05. The number of hydrogen-bond acceptors (Lipinski definition) is 4. The summed E-state index contributed by atoms with van der Waals surface area (Å²) in [6.45, 7) is -3.01.